The second kappa shape index (κ2) is 3.44. The van der Waals surface area contributed by atoms with Crippen LogP contribution in [-0.2, 0) is 11.2 Å². The van der Waals surface area contributed by atoms with Gasteiger partial charge in [0.05, 0.1) is 0 Å². The molecule has 0 saturated carbocycles. The molecule has 0 aliphatic heterocycles. The first-order valence-corrected chi connectivity index (χ1v) is 4.33. The molecular formula is C12H8O2. The van der Waals surface area contributed by atoms with Gasteiger partial charge in [-0.2, -0.15) is 0 Å². The Bertz CT molecular complexity index is 463. The molecule has 68 valence electrons. The topological polar surface area (TPSA) is 34.1 Å². The van der Waals surface area contributed by atoms with Crippen molar-refractivity contribution in [1.82, 2.24) is 0 Å². The van der Waals surface area contributed by atoms with E-state index >= 15 is 0 Å². The minimum absolute atomic E-state index is 0.606. The SMILES string of the molecule is O=C=C1C=Cc2cc(C=O)ccc2C1. The van der Waals surface area contributed by atoms with Crippen LogP contribution in [0.5, 0.6) is 0 Å². The third kappa shape index (κ3) is 1.43. The maximum atomic E-state index is 10.5. The molecule has 1 aliphatic carbocycles. The normalized spacial score (nSPS) is 13.3. The maximum Gasteiger partial charge on any atom is 0.150 e. The predicted molar refractivity (Wildman–Crippen MR) is 53.8 cm³/mol. The van der Waals surface area contributed by atoms with Crippen molar-refractivity contribution in [3.05, 3.63) is 46.5 Å². The molecule has 0 N–H and O–H groups in total. The van der Waals surface area contributed by atoms with Gasteiger partial charge < -0.3 is 0 Å². The van der Waals surface area contributed by atoms with Gasteiger partial charge in [0, 0.05) is 17.6 Å². The molecule has 14 heavy (non-hydrogen) atoms. The van der Waals surface area contributed by atoms with E-state index in [0.29, 0.717) is 17.6 Å². The molecule has 2 heteroatoms. The first-order chi connectivity index (χ1) is 6.83. The molecule has 1 aromatic rings. The van der Waals surface area contributed by atoms with Gasteiger partial charge >= 0.3 is 0 Å². The highest BCUT2D eigenvalue weighted by Crippen LogP contribution is 2.21. The first kappa shape index (κ1) is 8.67. The fourth-order valence-electron chi connectivity index (χ4n) is 1.53. The Morgan fingerprint density at radius 2 is 2.14 bits per heavy atom. The van der Waals surface area contributed by atoms with E-state index in [1.807, 2.05) is 24.2 Å². The molecule has 1 aliphatic rings. The second-order valence-electron chi connectivity index (χ2n) is 3.21. The molecule has 2 rings (SSSR count). The third-order valence-corrected chi connectivity index (χ3v) is 2.28. The molecule has 0 aromatic heterocycles. The molecule has 0 heterocycles. The molecule has 0 unspecified atom stereocenters. The highest BCUT2D eigenvalue weighted by molar-refractivity contribution is 5.78. The Hall–Kier alpha value is -1.92. The molecule has 0 saturated heterocycles. The lowest BCUT2D eigenvalue weighted by atomic mass is 9.93. The average Bonchev–Trinajstić information content (AvgIpc) is 2.27. The van der Waals surface area contributed by atoms with E-state index in [1.165, 1.54) is 0 Å². The second-order valence-corrected chi connectivity index (χ2v) is 3.21. The van der Waals surface area contributed by atoms with E-state index in [4.69, 9.17) is 0 Å². The smallest absolute Gasteiger partial charge is 0.150 e. The molecule has 0 bridgehead atoms. The van der Waals surface area contributed by atoms with Gasteiger partial charge in [-0.1, -0.05) is 18.2 Å². The minimum atomic E-state index is 0.606. The van der Waals surface area contributed by atoms with E-state index in [0.717, 1.165) is 17.4 Å². The summed E-state index contributed by atoms with van der Waals surface area (Å²) in [7, 11) is 0. The highest BCUT2D eigenvalue weighted by Gasteiger charge is 2.08. The lowest BCUT2D eigenvalue weighted by molar-refractivity contribution is 0.112. The minimum Gasteiger partial charge on any atom is -0.298 e. The monoisotopic (exact) mass is 184 g/mol. The number of carbonyl (C=O) groups excluding carboxylic acids is 2. The Kier molecular flexibility index (Phi) is 2.13. The van der Waals surface area contributed by atoms with E-state index in [-0.39, 0.29) is 0 Å². The van der Waals surface area contributed by atoms with E-state index in [2.05, 4.69) is 0 Å². The number of allylic oxidation sites excluding steroid dienone is 2. The fourth-order valence-corrected chi connectivity index (χ4v) is 1.53. The summed E-state index contributed by atoms with van der Waals surface area (Å²) in [6, 6.07) is 5.45. The van der Waals surface area contributed by atoms with Crippen LogP contribution in [0.1, 0.15) is 21.5 Å². The van der Waals surface area contributed by atoms with Crippen molar-refractivity contribution in [1.29, 1.82) is 0 Å². The van der Waals surface area contributed by atoms with E-state index in [9.17, 15) is 9.59 Å². The summed E-state index contributed by atoms with van der Waals surface area (Å²) in [4.78, 5) is 20.9. The maximum absolute atomic E-state index is 10.5. The Labute approximate surface area is 81.6 Å². The van der Waals surface area contributed by atoms with Crippen molar-refractivity contribution in [2.75, 3.05) is 0 Å². The van der Waals surface area contributed by atoms with Crippen LogP contribution in [0.25, 0.3) is 6.08 Å². The molecular weight excluding hydrogens is 176 g/mol. The van der Waals surface area contributed by atoms with Crippen molar-refractivity contribution in [3.63, 3.8) is 0 Å². The third-order valence-electron chi connectivity index (χ3n) is 2.28. The molecule has 2 nitrogen and oxygen atoms in total. The largest absolute Gasteiger partial charge is 0.298 e. The zero-order valence-corrected chi connectivity index (χ0v) is 7.49. The van der Waals surface area contributed by atoms with E-state index in [1.54, 1.807) is 12.1 Å². The summed E-state index contributed by atoms with van der Waals surface area (Å²) in [5.41, 5.74) is 3.38. The van der Waals surface area contributed by atoms with E-state index < -0.39 is 0 Å². The molecule has 0 spiro atoms. The van der Waals surface area contributed by atoms with Crippen LogP contribution in [0.15, 0.2) is 29.8 Å². The van der Waals surface area contributed by atoms with Gasteiger partial charge in [-0.15, -0.1) is 0 Å². The number of carbonyl (C=O) groups is 1. The van der Waals surface area contributed by atoms with Crippen LogP contribution >= 0.6 is 0 Å². The molecule has 0 fully saturated rings. The summed E-state index contributed by atoms with van der Waals surface area (Å²) in [6.45, 7) is 0. The number of fused-ring (bicyclic) bond motifs is 1. The molecule has 0 amide bonds. The van der Waals surface area contributed by atoms with Gasteiger partial charge in [0.1, 0.15) is 12.2 Å². The van der Waals surface area contributed by atoms with Gasteiger partial charge in [-0.25, -0.2) is 4.79 Å². The lowest BCUT2D eigenvalue weighted by Crippen LogP contribution is -1.98. The molecule has 1 aromatic carbocycles. The standard InChI is InChI=1S/C12H8O2/c13-7-9-1-3-11-6-10(8-14)2-4-12(11)5-9/h1-5,7H,6H2. The summed E-state index contributed by atoms with van der Waals surface area (Å²) < 4.78 is 0. The quantitative estimate of drug-likeness (QED) is 0.493. The Morgan fingerprint density at radius 1 is 1.29 bits per heavy atom. The van der Waals surface area contributed by atoms with Gasteiger partial charge in [0.25, 0.3) is 0 Å². The molecule has 0 radical (unpaired) electrons. The van der Waals surface area contributed by atoms with Crippen molar-refractivity contribution in [2.45, 2.75) is 6.42 Å². The number of benzene rings is 1. The Morgan fingerprint density at radius 3 is 2.86 bits per heavy atom. The number of aldehydes is 1. The van der Waals surface area contributed by atoms with Crippen molar-refractivity contribution in [2.24, 2.45) is 0 Å². The predicted octanol–water partition coefficient (Wildman–Crippen LogP) is 1.83. The lowest BCUT2D eigenvalue weighted by Gasteiger charge is -2.10. The average molecular weight is 184 g/mol. The van der Waals surface area contributed by atoms with Crippen molar-refractivity contribution < 1.29 is 9.59 Å². The van der Waals surface area contributed by atoms with Gasteiger partial charge in [0.15, 0.2) is 0 Å². The number of hydrogen-bond acceptors (Lipinski definition) is 2. The number of hydrogen-bond donors (Lipinski definition) is 0. The first-order valence-electron chi connectivity index (χ1n) is 4.33. The fraction of sp³-hybridized carbons (Fsp3) is 0.0833. The van der Waals surface area contributed by atoms with Gasteiger partial charge in [-0.05, 0) is 23.3 Å². The number of rotatable bonds is 1. The van der Waals surface area contributed by atoms with Gasteiger partial charge in [0.2, 0.25) is 0 Å². The van der Waals surface area contributed by atoms with Crippen molar-refractivity contribution >= 4 is 18.3 Å². The summed E-state index contributed by atoms with van der Waals surface area (Å²) in [5.74, 6) is 1.88. The van der Waals surface area contributed by atoms with Gasteiger partial charge in [-0.3, -0.25) is 4.79 Å². The van der Waals surface area contributed by atoms with Crippen LogP contribution in [0.2, 0.25) is 0 Å². The summed E-state index contributed by atoms with van der Waals surface area (Å²) in [5, 5.41) is 0. The van der Waals surface area contributed by atoms with Crippen LogP contribution in [0, 0.1) is 0 Å². The van der Waals surface area contributed by atoms with Crippen molar-refractivity contribution in [3.8, 4) is 0 Å². The van der Waals surface area contributed by atoms with Crippen LogP contribution in [-0.4, -0.2) is 12.2 Å². The Balaban J connectivity index is 2.50. The molecule has 0 atom stereocenters. The van der Waals surface area contributed by atoms with Crippen LogP contribution in [0.3, 0.4) is 0 Å². The summed E-state index contributed by atoms with van der Waals surface area (Å²) in [6.07, 6.45) is 5.00. The highest BCUT2D eigenvalue weighted by atomic mass is 16.1. The van der Waals surface area contributed by atoms with Crippen LogP contribution < -0.4 is 0 Å². The van der Waals surface area contributed by atoms with Crippen LogP contribution in [0.4, 0.5) is 0 Å². The summed E-state index contributed by atoms with van der Waals surface area (Å²) >= 11 is 0. The zero-order valence-electron chi connectivity index (χ0n) is 7.49. The zero-order chi connectivity index (χ0) is 9.97.